The summed E-state index contributed by atoms with van der Waals surface area (Å²) in [5.74, 6) is 0.238. The summed E-state index contributed by atoms with van der Waals surface area (Å²) in [6, 6.07) is 14.8. The van der Waals surface area contributed by atoms with E-state index >= 15 is 0 Å². The summed E-state index contributed by atoms with van der Waals surface area (Å²) < 4.78 is 10.1. The van der Waals surface area contributed by atoms with Crippen molar-refractivity contribution in [2.75, 3.05) is 43.5 Å². The number of methoxy groups -OCH3 is 1. The first-order valence-corrected chi connectivity index (χ1v) is 13.8. The van der Waals surface area contributed by atoms with Crippen LogP contribution in [-0.2, 0) is 25.4 Å². The average Bonchev–Trinajstić information content (AvgIpc) is 3.35. The lowest BCUT2D eigenvalue weighted by Gasteiger charge is -2.36. The van der Waals surface area contributed by atoms with Crippen LogP contribution in [0.5, 0.6) is 0 Å². The Hall–Kier alpha value is -3.97. The maximum Gasteiger partial charge on any atom is 0.337 e. The normalized spacial score (nSPS) is 13.5. The van der Waals surface area contributed by atoms with E-state index in [0.29, 0.717) is 60.5 Å². The van der Waals surface area contributed by atoms with E-state index in [0.717, 1.165) is 20.3 Å². The highest BCUT2D eigenvalue weighted by Gasteiger charge is 2.26. The molecule has 4 aromatic rings. The number of aromatic nitrogens is 4. The Morgan fingerprint density at radius 1 is 1.00 bits per heavy atom. The molecule has 208 valence electrons. The highest BCUT2D eigenvalue weighted by molar-refractivity contribution is 9.10. The zero-order chi connectivity index (χ0) is 28.6. The van der Waals surface area contributed by atoms with Crippen molar-refractivity contribution in [3.63, 3.8) is 0 Å². The molecule has 1 N–H and O–H groups in total. The van der Waals surface area contributed by atoms with Crippen LogP contribution in [0.25, 0.3) is 11.2 Å². The predicted octanol–water partition coefficient (Wildman–Crippen LogP) is 2.55. The molecule has 13 heteroatoms. The third-order valence-corrected chi connectivity index (χ3v) is 7.88. The molecule has 0 bridgehead atoms. The van der Waals surface area contributed by atoms with Crippen molar-refractivity contribution in [1.82, 2.24) is 23.6 Å². The van der Waals surface area contributed by atoms with Crippen LogP contribution in [0, 0.1) is 0 Å². The molecule has 0 radical (unpaired) electrons. The van der Waals surface area contributed by atoms with Crippen LogP contribution in [0.15, 0.2) is 62.6 Å². The lowest BCUT2D eigenvalue weighted by atomic mass is 10.2. The third kappa shape index (κ3) is 5.26. The van der Waals surface area contributed by atoms with Gasteiger partial charge in [-0.1, -0.05) is 28.1 Å². The van der Waals surface area contributed by atoms with Crippen LogP contribution in [0.1, 0.15) is 15.9 Å². The highest BCUT2D eigenvalue weighted by atomic mass is 79.9. The van der Waals surface area contributed by atoms with Crippen molar-refractivity contribution in [2.45, 2.75) is 6.54 Å². The quantitative estimate of drug-likeness (QED) is 0.264. The fraction of sp³-hybridized carbons (Fsp3) is 0.296. The van der Waals surface area contributed by atoms with Gasteiger partial charge in [0.25, 0.3) is 5.56 Å². The second kappa shape index (κ2) is 11.3. The summed E-state index contributed by atoms with van der Waals surface area (Å²) in [6.07, 6.45) is 0. The molecule has 2 aromatic carbocycles. The van der Waals surface area contributed by atoms with Crippen molar-refractivity contribution < 1.29 is 9.53 Å². The number of hydrogen-bond acceptors (Lipinski definition) is 7. The van der Waals surface area contributed by atoms with E-state index in [9.17, 15) is 14.4 Å². The van der Waals surface area contributed by atoms with E-state index in [2.05, 4.69) is 31.0 Å². The van der Waals surface area contributed by atoms with E-state index in [-0.39, 0.29) is 5.56 Å². The molecule has 1 fully saturated rings. The number of imidazole rings is 1. The van der Waals surface area contributed by atoms with Crippen molar-refractivity contribution in [2.24, 2.45) is 14.1 Å². The molecule has 0 spiro atoms. The van der Waals surface area contributed by atoms with Gasteiger partial charge in [-0.05, 0) is 54.2 Å². The Bertz CT molecular complexity index is 1700. The average molecular weight is 627 g/mol. The third-order valence-electron chi connectivity index (χ3n) is 6.99. The summed E-state index contributed by atoms with van der Waals surface area (Å²) in [5.41, 5.74) is 2.18. The Labute approximate surface area is 243 Å². The molecule has 0 saturated carbocycles. The largest absolute Gasteiger partial charge is 0.465 e. The first-order valence-electron chi connectivity index (χ1n) is 12.6. The molecule has 1 aliphatic rings. The van der Waals surface area contributed by atoms with Gasteiger partial charge in [0, 0.05) is 50.4 Å². The summed E-state index contributed by atoms with van der Waals surface area (Å²) in [6.45, 7) is 2.91. The maximum atomic E-state index is 13.3. The highest BCUT2D eigenvalue weighted by Crippen LogP contribution is 2.24. The molecule has 0 unspecified atom stereocenters. The second-order valence-electron chi connectivity index (χ2n) is 9.48. The molecule has 0 amide bonds. The Kier molecular flexibility index (Phi) is 7.76. The number of hydrogen-bond donors (Lipinski definition) is 1. The number of halogens is 1. The van der Waals surface area contributed by atoms with Crippen LogP contribution in [0.3, 0.4) is 0 Å². The first-order chi connectivity index (χ1) is 19.2. The number of esters is 1. The minimum absolute atomic E-state index is 0.357. The van der Waals surface area contributed by atoms with E-state index < -0.39 is 11.7 Å². The summed E-state index contributed by atoms with van der Waals surface area (Å²) in [7, 11) is 4.46. The topological polar surface area (TPSA) is 107 Å². The van der Waals surface area contributed by atoms with Crippen molar-refractivity contribution in [1.29, 1.82) is 0 Å². The Morgan fingerprint density at radius 3 is 2.27 bits per heavy atom. The van der Waals surface area contributed by atoms with Crippen LogP contribution >= 0.6 is 28.1 Å². The Morgan fingerprint density at radius 2 is 1.65 bits per heavy atom. The van der Waals surface area contributed by atoms with E-state index in [1.54, 1.807) is 31.3 Å². The van der Waals surface area contributed by atoms with Crippen molar-refractivity contribution >= 4 is 62.0 Å². The zero-order valence-electron chi connectivity index (χ0n) is 22.3. The fourth-order valence-electron chi connectivity index (χ4n) is 4.72. The van der Waals surface area contributed by atoms with Gasteiger partial charge < -0.3 is 19.9 Å². The standard InChI is InChI=1S/C27H28BrN7O4S/c1-31-22-21(23(36)32(2)27(31)38)35(16-17-4-8-19(28)9-5-17)25(30-22)33-12-14-34(15-13-33)26(40)29-20-10-6-18(7-11-20)24(37)39-3/h4-11H,12-16H2,1-3H3,(H,29,40). The number of ether oxygens (including phenoxy) is 1. The fourth-order valence-corrected chi connectivity index (χ4v) is 5.28. The van der Waals surface area contributed by atoms with E-state index in [4.69, 9.17) is 21.9 Å². The number of anilines is 2. The van der Waals surface area contributed by atoms with Gasteiger partial charge in [0.1, 0.15) is 0 Å². The lowest BCUT2D eigenvalue weighted by Crippen LogP contribution is -2.50. The number of nitrogens with zero attached hydrogens (tertiary/aromatic N) is 6. The second-order valence-corrected chi connectivity index (χ2v) is 10.8. The molecule has 2 aromatic heterocycles. The van der Waals surface area contributed by atoms with Gasteiger partial charge in [0.05, 0.1) is 19.2 Å². The number of aryl methyl sites for hydroxylation is 1. The van der Waals surface area contributed by atoms with Crippen molar-refractivity contribution in [3.05, 3.63) is 85.0 Å². The van der Waals surface area contributed by atoms with Gasteiger partial charge in [-0.3, -0.25) is 18.5 Å². The van der Waals surface area contributed by atoms with Gasteiger partial charge >= 0.3 is 11.7 Å². The summed E-state index contributed by atoms with van der Waals surface area (Å²) in [5, 5.41) is 3.80. The monoisotopic (exact) mass is 625 g/mol. The zero-order valence-corrected chi connectivity index (χ0v) is 24.7. The van der Waals surface area contributed by atoms with Gasteiger partial charge in [0.15, 0.2) is 16.3 Å². The van der Waals surface area contributed by atoms with Crippen LogP contribution in [-0.4, -0.2) is 68.0 Å². The number of nitrogens with one attached hydrogen (secondary N) is 1. The predicted molar refractivity (Wildman–Crippen MR) is 161 cm³/mol. The van der Waals surface area contributed by atoms with E-state index in [1.165, 1.54) is 18.7 Å². The summed E-state index contributed by atoms with van der Waals surface area (Å²) >= 11 is 9.13. The minimum atomic E-state index is -0.418. The molecule has 0 aliphatic carbocycles. The molecule has 1 aliphatic heterocycles. The molecule has 11 nitrogen and oxygen atoms in total. The summed E-state index contributed by atoms with van der Waals surface area (Å²) in [4.78, 5) is 46.6. The van der Waals surface area contributed by atoms with Gasteiger partial charge in [-0.25, -0.2) is 9.59 Å². The minimum Gasteiger partial charge on any atom is -0.465 e. The maximum absolute atomic E-state index is 13.3. The molecule has 0 atom stereocenters. The van der Waals surface area contributed by atoms with E-state index in [1.807, 2.05) is 28.8 Å². The Balaban J connectivity index is 1.38. The number of fused-ring (bicyclic) bond motifs is 1. The molecular weight excluding hydrogens is 598 g/mol. The number of carbonyl (C=O) groups excluding carboxylic acids is 1. The number of rotatable bonds is 5. The number of benzene rings is 2. The first kappa shape index (κ1) is 27.6. The number of thiocarbonyl (C=S) groups is 1. The molecule has 40 heavy (non-hydrogen) atoms. The SMILES string of the molecule is COC(=O)c1ccc(NC(=S)N2CCN(c3nc4c(c(=O)n(C)c(=O)n4C)n3Cc3ccc(Br)cc3)CC2)cc1. The van der Waals surface area contributed by atoms with Gasteiger partial charge in [0.2, 0.25) is 5.95 Å². The van der Waals surface area contributed by atoms with Crippen LogP contribution in [0.4, 0.5) is 11.6 Å². The molecule has 5 rings (SSSR count). The molecular formula is C27H28BrN7O4S. The number of piperazine rings is 1. The van der Waals surface area contributed by atoms with Crippen LogP contribution < -0.4 is 21.5 Å². The lowest BCUT2D eigenvalue weighted by molar-refractivity contribution is 0.0601. The number of carbonyl (C=O) groups is 1. The molecule has 3 heterocycles. The smallest absolute Gasteiger partial charge is 0.337 e. The van der Waals surface area contributed by atoms with Gasteiger partial charge in [-0.15, -0.1) is 0 Å². The molecule has 1 saturated heterocycles. The van der Waals surface area contributed by atoms with Gasteiger partial charge in [-0.2, -0.15) is 4.98 Å². The van der Waals surface area contributed by atoms with Crippen LogP contribution in [0.2, 0.25) is 0 Å². The van der Waals surface area contributed by atoms with Crippen molar-refractivity contribution in [3.8, 4) is 0 Å².